The third kappa shape index (κ3) is 4.31. The van der Waals surface area contributed by atoms with Gasteiger partial charge in [0.15, 0.2) is 5.78 Å². The second-order valence-corrected chi connectivity index (χ2v) is 6.48. The first-order valence-corrected chi connectivity index (χ1v) is 8.42. The molecule has 0 unspecified atom stereocenters. The van der Waals surface area contributed by atoms with Crippen molar-refractivity contribution in [3.63, 3.8) is 0 Å². The number of nitrogens with one attached hydrogen (secondary N) is 1. The molecule has 3 rings (SSSR count). The number of piperidine rings is 1. The van der Waals surface area contributed by atoms with Crippen molar-refractivity contribution in [1.82, 2.24) is 4.90 Å². The molecule has 130 valence electrons. The molecule has 1 N–H and O–H groups in total. The highest BCUT2D eigenvalue weighted by atomic mass is 19.1. The van der Waals surface area contributed by atoms with Crippen LogP contribution < -0.4 is 5.32 Å². The number of ketones is 1. The van der Waals surface area contributed by atoms with E-state index in [4.69, 9.17) is 0 Å². The van der Waals surface area contributed by atoms with Gasteiger partial charge in [-0.25, -0.2) is 4.39 Å². The fourth-order valence-electron chi connectivity index (χ4n) is 3.06. The normalized spacial score (nSPS) is 15.8. The van der Waals surface area contributed by atoms with Crippen LogP contribution >= 0.6 is 0 Å². The van der Waals surface area contributed by atoms with Gasteiger partial charge < -0.3 is 10.2 Å². The summed E-state index contributed by atoms with van der Waals surface area (Å²) in [6, 6.07) is 12.4. The molecule has 0 saturated carbocycles. The van der Waals surface area contributed by atoms with Crippen LogP contribution in [0.5, 0.6) is 0 Å². The minimum atomic E-state index is -0.387. The summed E-state index contributed by atoms with van der Waals surface area (Å²) in [7, 11) is 2.06. The maximum absolute atomic E-state index is 12.9. The smallest absolute Gasteiger partial charge is 0.255 e. The first kappa shape index (κ1) is 17.3. The van der Waals surface area contributed by atoms with Gasteiger partial charge in [0.1, 0.15) is 5.82 Å². The van der Waals surface area contributed by atoms with Crippen LogP contribution in [0.2, 0.25) is 0 Å². The van der Waals surface area contributed by atoms with Crippen molar-refractivity contribution < 1.29 is 14.0 Å². The zero-order valence-electron chi connectivity index (χ0n) is 14.2. The summed E-state index contributed by atoms with van der Waals surface area (Å²) >= 11 is 0. The Morgan fingerprint density at radius 3 is 2.40 bits per heavy atom. The molecule has 2 aromatic rings. The summed E-state index contributed by atoms with van der Waals surface area (Å²) in [6.07, 6.45) is 1.73. The highest BCUT2D eigenvalue weighted by Crippen LogP contribution is 2.22. The summed E-state index contributed by atoms with van der Waals surface area (Å²) < 4.78 is 12.9. The fourth-order valence-corrected chi connectivity index (χ4v) is 3.06. The molecule has 1 fully saturated rings. The first-order chi connectivity index (χ1) is 12.0. The molecular weight excluding hydrogens is 319 g/mol. The quantitative estimate of drug-likeness (QED) is 0.865. The predicted molar refractivity (Wildman–Crippen MR) is 95.3 cm³/mol. The summed E-state index contributed by atoms with van der Waals surface area (Å²) in [5.74, 6) is -0.545. The third-order valence-corrected chi connectivity index (χ3v) is 4.60. The number of likely N-dealkylation sites (tertiary alicyclic amines) is 1. The molecule has 0 atom stereocenters. The molecule has 1 aliphatic heterocycles. The van der Waals surface area contributed by atoms with E-state index in [-0.39, 0.29) is 23.4 Å². The van der Waals surface area contributed by atoms with Gasteiger partial charge in [-0.05, 0) is 69.4 Å². The van der Waals surface area contributed by atoms with Crippen molar-refractivity contribution in [3.8, 4) is 0 Å². The number of benzene rings is 2. The third-order valence-electron chi connectivity index (χ3n) is 4.60. The summed E-state index contributed by atoms with van der Waals surface area (Å²) in [4.78, 5) is 27.1. The molecule has 1 saturated heterocycles. The van der Waals surface area contributed by atoms with Crippen molar-refractivity contribution >= 4 is 17.4 Å². The van der Waals surface area contributed by atoms with E-state index in [0.29, 0.717) is 16.8 Å². The molecular formula is C20H21FN2O2. The van der Waals surface area contributed by atoms with Crippen LogP contribution in [0.1, 0.15) is 33.6 Å². The largest absolute Gasteiger partial charge is 0.322 e. The Morgan fingerprint density at radius 1 is 1.04 bits per heavy atom. The van der Waals surface area contributed by atoms with E-state index in [0.717, 1.165) is 25.9 Å². The number of nitrogens with zero attached hydrogens (tertiary/aromatic N) is 1. The maximum atomic E-state index is 12.9. The zero-order valence-corrected chi connectivity index (χ0v) is 14.2. The number of Topliss-reactive ketones (excluding diaryl/α,β-unsaturated/α-hetero) is 1. The fraction of sp³-hybridized carbons (Fsp3) is 0.300. The molecule has 0 aromatic heterocycles. The molecule has 0 spiro atoms. The Kier molecular flexibility index (Phi) is 5.24. The van der Waals surface area contributed by atoms with Crippen LogP contribution in [0.15, 0.2) is 48.5 Å². The van der Waals surface area contributed by atoms with E-state index in [9.17, 15) is 14.0 Å². The van der Waals surface area contributed by atoms with Crippen LogP contribution in [-0.2, 0) is 0 Å². The number of anilines is 1. The van der Waals surface area contributed by atoms with Crippen LogP contribution in [0, 0.1) is 11.7 Å². The lowest BCUT2D eigenvalue weighted by molar-refractivity contribution is 0.0856. The van der Waals surface area contributed by atoms with Gasteiger partial charge in [-0.3, -0.25) is 9.59 Å². The molecule has 1 heterocycles. The SMILES string of the molecule is CN1CCC(C(=O)c2cccc(NC(=O)c3ccc(F)cc3)c2)CC1. The molecule has 5 heteroatoms. The van der Waals surface area contributed by atoms with Crippen LogP contribution in [-0.4, -0.2) is 36.7 Å². The summed E-state index contributed by atoms with van der Waals surface area (Å²) in [5.41, 5.74) is 1.55. The molecule has 1 amide bonds. The van der Waals surface area contributed by atoms with Crippen molar-refractivity contribution in [2.45, 2.75) is 12.8 Å². The summed E-state index contributed by atoms with van der Waals surface area (Å²) in [6.45, 7) is 1.86. The van der Waals surface area contributed by atoms with E-state index in [1.807, 2.05) is 0 Å². The first-order valence-electron chi connectivity index (χ1n) is 8.42. The second kappa shape index (κ2) is 7.57. The Bertz CT molecular complexity index is 766. The van der Waals surface area contributed by atoms with Crippen molar-refractivity contribution in [1.29, 1.82) is 0 Å². The molecule has 0 radical (unpaired) electrons. The Labute approximate surface area is 146 Å². The van der Waals surface area contributed by atoms with E-state index in [1.165, 1.54) is 24.3 Å². The number of carbonyl (C=O) groups is 2. The van der Waals surface area contributed by atoms with E-state index in [2.05, 4.69) is 17.3 Å². The van der Waals surface area contributed by atoms with E-state index < -0.39 is 0 Å². The molecule has 1 aliphatic rings. The summed E-state index contributed by atoms with van der Waals surface area (Å²) in [5, 5.41) is 2.76. The van der Waals surface area contributed by atoms with E-state index >= 15 is 0 Å². The molecule has 4 nitrogen and oxygen atoms in total. The monoisotopic (exact) mass is 340 g/mol. The number of hydrogen-bond acceptors (Lipinski definition) is 3. The van der Waals surface area contributed by atoms with Gasteiger partial charge in [0.25, 0.3) is 5.91 Å². The Hall–Kier alpha value is -2.53. The average molecular weight is 340 g/mol. The lowest BCUT2D eigenvalue weighted by Crippen LogP contribution is -2.33. The van der Waals surface area contributed by atoms with Gasteiger partial charge in [0, 0.05) is 22.7 Å². The number of halogens is 1. The van der Waals surface area contributed by atoms with Gasteiger partial charge in [0.2, 0.25) is 0 Å². The van der Waals surface area contributed by atoms with Crippen molar-refractivity contribution in [2.24, 2.45) is 5.92 Å². The van der Waals surface area contributed by atoms with Gasteiger partial charge >= 0.3 is 0 Å². The highest BCUT2D eigenvalue weighted by Gasteiger charge is 2.24. The second-order valence-electron chi connectivity index (χ2n) is 6.48. The Balaban J connectivity index is 1.69. The van der Waals surface area contributed by atoms with Gasteiger partial charge in [0.05, 0.1) is 0 Å². The van der Waals surface area contributed by atoms with Crippen molar-refractivity contribution in [3.05, 3.63) is 65.5 Å². The van der Waals surface area contributed by atoms with Crippen molar-refractivity contribution in [2.75, 3.05) is 25.5 Å². The molecule has 0 aliphatic carbocycles. The lowest BCUT2D eigenvalue weighted by atomic mass is 9.89. The van der Waals surface area contributed by atoms with Gasteiger partial charge in [-0.2, -0.15) is 0 Å². The maximum Gasteiger partial charge on any atom is 0.255 e. The molecule has 0 bridgehead atoms. The van der Waals surface area contributed by atoms with Crippen LogP contribution in [0.25, 0.3) is 0 Å². The minimum absolute atomic E-state index is 0.0410. The predicted octanol–water partition coefficient (Wildman–Crippen LogP) is 3.60. The van der Waals surface area contributed by atoms with Crippen LogP contribution in [0.4, 0.5) is 10.1 Å². The lowest BCUT2D eigenvalue weighted by Gasteiger charge is -2.28. The minimum Gasteiger partial charge on any atom is -0.322 e. The van der Waals surface area contributed by atoms with Gasteiger partial charge in [-0.15, -0.1) is 0 Å². The highest BCUT2D eigenvalue weighted by molar-refractivity contribution is 6.05. The Morgan fingerprint density at radius 2 is 1.72 bits per heavy atom. The van der Waals surface area contributed by atoms with Crippen LogP contribution in [0.3, 0.4) is 0 Å². The average Bonchev–Trinajstić information content (AvgIpc) is 2.62. The topological polar surface area (TPSA) is 49.4 Å². The number of amides is 1. The zero-order chi connectivity index (χ0) is 17.8. The number of rotatable bonds is 4. The van der Waals surface area contributed by atoms with E-state index in [1.54, 1.807) is 24.3 Å². The standard InChI is InChI=1S/C20H21FN2O2/c1-23-11-9-14(10-12-23)19(24)16-3-2-4-18(13-16)22-20(25)15-5-7-17(21)8-6-15/h2-8,13-14H,9-12H2,1H3,(H,22,25). The number of carbonyl (C=O) groups excluding carboxylic acids is 2. The van der Waals surface area contributed by atoms with Gasteiger partial charge in [-0.1, -0.05) is 12.1 Å². The molecule has 25 heavy (non-hydrogen) atoms. The molecule has 2 aromatic carbocycles. The number of hydrogen-bond donors (Lipinski definition) is 1.